The van der Waals surface area contributed by atoms with Crippen molar-refractivity contribution in [1.29, 1.82) is 0 Å². The Labute approximate surface area is 109 Å². The maximum absolute atomic E-state index is 12.4. The quantitative estimate of drug-likeness (QED) is 0.892. The summed E-state index contributed by atoms with van der Waals surface area (Å²) in [5.41, 5.74) is 1.57. The van der Waals surface area contributed by atoms with Crippen LogP contribution >= 0.6 is 0 Å². The van der Waals surface area contributed by atoms with E-state index in [1.165, 1.54) is 0 Å². The van der Waals surface area contributed by atoms with Gasteiger partial charge in [0.25, 0.3) is 5.91 Å². The molecule has 1 aromatic rings. The second kappa shape index (κ2) is 5.85. The lowest BCUT2D eigenvalue weighted by Gasteiger charge is -2.27. The van der Waals surface area contributed by atoms with Gasteiger partial charge in [-0.05, 0) is 18.4 Å². The van der Waals surface area contributed by atoms with Gasteiger partial charge in [-0.3, -0.25) is 9.78 Å². The summed E-state index contributed by atoms with van der Waals surface area (Å²) in [5.74, 6) is 0.0308. The average Bonchev–Trinajstić information content (AvgIpc) is 2.27. The van der Waals surface area contributed by atoms with Gasteiger partial charge in [0.05, 0.1) is 17.4 Å². The highest BCUT2D eigenvalue weighted by molar-refractivity contribution is 5.99. The topological polar surface area (TPSA) is 45.2 Å². The predicted molar refractivity (Wildman–Crippen MR) is 74.8 cm³/mol. The fourth-order valence-electron chi connectivity index (χ4n) is 1.90. The third-order valence-corrected chi connectivity index (χ3v) is 2.48. The van der Waals surface area contributed by atoms with E-state index < -0.39 is 0 Å². The summed E-state index contributed by atoms with van der Waals surface area (Å²) < 4.78 is 0. The maximum atomic E-state index is 12.4. The summed E-state index contributed by atoms with van der Waals surface area (Å²) >= 11 is 0. The number of pyridine rings is 1. The third kappa shape index (κ3) is 4.02. The Morgan fingerprint density at radius 2 is 2.11 bits per heavy atom. The van der Waals surface area contributed by atoms with Crippen LogP contribution < -0.4 is 5.32 Å². The van der Waals surface area contributed by atoms with Crippen molar-refractivity contribution in [3.05, 3.63) is 24.0 Å². The fourth-order valence-corrected chi connectivity index (χ4v) is 1.90. The highest BCUT2D eigenvalue weighted by Gasteiger charge is 2.20. The number of amides is 1. The summed E-state index contributed by atoms with van der Waals surface area (Å²) in [6, 6.07) is 1.76. The van der Waals surface area contributed by atoms with Crippen LogP contribution in [0.5, 0.6) is 0 Å². The Morgan fingerprint density at radius 3 is 2.67 bits per heavy atom. The number of nitrogens with zero attached hydrogens (tertiary/aromatic N) is 2. The largest absolute Gasteiger partial charge is 0.383 e. The molecule has 0 bridgehead atoms. The lowest BCUT2D eigenvalue weighted by Crippen LogP contribution is -2.34. The molecule has 0 spiro atoms. The molecule has 0 fully saturated rings. The van der Waals surface area contributed by atoms with Gasteiger partial charge in [0.1, 0.15) is 0 Å². The van der Waals surface area contributed by atoms with Crippen LogP contribution in [0, 0.1) is 5.41 Å². The molecule has 0 unspecified atom stereocenters. The zero-order chi connectivity index (χ0) is 13.8. The molecule has 1 amide bonds. The average molecular weight is 249 g/mol. The van der Waals surface area contributed by atoms with Crippen LogP contribution in [-0.4, -0.2) is 35.9 Å². The lowest BCUT2D eigenvalue weighted by atomic mass is 9.96. The van der Waals surface area contributed by atoms with E-state index in [1.54, 1.807) is 23.4 Å². The standard InChI is InChI=1S/C14H23N3O/c1-6-16-12-9-15-8-7-11(12)13(18)17(5)10-14(2,3)4/h7-9,16H,6,10H2,1-5H3. The van der Waals surface area contributed by atoms with Crippen molar-refractivity contribution in [2.24, 2.45) is 5.41 Å². The number of carbonyl (C=O) groups is 1. The number of anilines is 1. The first-order valence-corrected chi connectivity index (χ1v) is 6.28. The second-order valence-corrected chi connectivity index (χ2v) is 5.67. The van der Waals surface area contributed by atoms with Crippen molar-refractivity contribution in [2.75, 3.05) is 25.5 Å². The van der Waals surface area contributed by atoms with Crippen LogP contribution in [0.1, 0.15) is 38.1 Å². The number of rotatable bonds is 4. The molecule has 0 radical (unpaired) electrons. The molecular formula is C14H23N3O. The highest BCUT2D eigenvalue weighted by Crippen LogP contribution is 2.19. The van der Waals surface area contributed by atoms with E-state index in [-0.39, 0.29) is 11.3 Å². The number of hydrogen-bond acceptors (Lipinski definition) is 3. The fraction of sp³-hybridized carbons (Fsp3) is 0.571. The molecule has 0 aliphatic carbocycles. The molecule has 1 rings (SSSR count). The van der Waals surface area contributed by atoms with Crippen molar-refractivity contribution in [1.82, 2.24) is 9.88 Å². The minimum Gasteiger partial charge on any atom is -0.383 e. The monoisotopic (exact) mass is 249 g/mol. The molecule has 0 saturated heterocycles. The van der Waals surface area contributed by atoms with E-state index >= 15 is 0 Å². The van der Waals surface area contributed by atoms with Crippen molar-refractivity contribution in [3.8, 4) is 0 Å². The van der Waals surface area contributed by atoms with Crippen LogP contribution in [0.25, 0.3) is 0 Å². The summed E-state index contributed by atoms with van der Waals surface area (Å²) in [7, 11) is 1.84. The zero-order valence-electron chi connectivity index (χ0n) is 11.9. The van der Waals surface area contributed by atoms with Gasteiger partial charge in [0.2, 0.25) is 0 Å². The van der Waals surface area contributed by atoms with Crippen molar-refractivity contribution in [3.63, 3.8) is 0 Å². The minimum atomic E-state index is 0.0308. The van der Waals surface area contributed by atoms with E-state index in [9.17, 15) is 4.79 Å². The summed E-state index contributed by atoms with van der Waals surface area (Å²) in [6.07, 6.45) is 3.35. The molecule has 1 aromatic heterocycles. The summed E-state index contributed by atoms with van der Waals surface area (Å²) in [6.45, 7) is 9.85. The zero-order valence-corrected chi connectivity index (χ0v) is 11.9. The van der Waals surface area contributed by atoms with Crippen LogP contribution in [0.4, 0.5) is 5.69 Å². The summed E-state index contributed by atoms with van der Waals surface area (Å²) in [5, 5.41) is 3.16. The van der Waals surface area contributed by atoms with Gasteiger partial charge in [-0.1, -0.05) is 20.8 Å². The maximum Gasteiger partial charge on any atom is 0.255 e. The van der Waals surface area contributed by atoms with E-state index in [2.05, 4.69) is 31.1 Å². The van der Waals surface area contributed by atoms with Gasteiger partial charge in [0, 0.05) is 26.3 Å². The van der Waals surface area contributed by atoms with E-state index in [0.29, 0.717) is 5.56 Å². The Kier molecular flexibility index (Phi) is 4.70. The van der Waals surface area contributed by atoms with Gasteiger partial charge in [-0.2, -0.15) is 0 Å². The van der Waals surface area contributed by atoms with Gasteiger partial charge in [-0.25, -0.2) is 0 Å². The number of nitrogens with one attached hydrogen (secondary N) is 1. The Balaban J connectivity index is 2.89. The van der Waals surface area contributed by atoms with E-state index in [0.717, 1.165) is 18.8 Å². The molecular weight excluding hydrogens is 226 g/mol. The van der Waals surface area contributed by atoms with Crippen molar-refractivity contribution < 1.29 is 4.79 Å². The Bertz CT molecular complexity index is 410. The molecule has 100 valence electrons. The van der Waals surface area contributed by atoms with Crippen molar-refractivity contribution in [2.45, 2.75) is 27.7 Å². The number of carbonyl (C=O) groups excluding carboxylic acids is 1. The lowest BCUT2D eigenvalue weighted by molar-refractivity contribution is 0.0746. The van der Waals surface area contributed by atoms with Gasteiger partial charge in [0.15, 0.2) is 0 Å². The number of hydrogen-bond donors (Lipinski definition) is 1. The van der Waals surface area contributed by atoms with Gasteiger partial charge >= 0.3 is 0 Å². The van der Waals surface area contributed by atoms with Crippen LogP contribution in [-0.2, 0) is 0 Å². The molecule has 1 N–H and O–H groups in total. The Morgan fingerprint density at radius 1 is 1.44 bits per heavy atom. The molecule has 0 aliphatic heterocycles. The third-order valence-electron chi connectivity index (χ3n) is 2.48. The smallest absolute Gasteiger partial charge is 0.255 e. The molecule has 0 saturated carbocycles. The van der Waals surface area contributed by atoms with Crippen molar-refractivity contribution >= 4 is 11.6 Å². The summed E-state index contributed by atoms with van der Waals surface area (Å²) in [4.78, 5) is 18.2. The van der Waals surface area contributed by atoms with Crippen LogP contribution in [0.15, 0.2) is 18.5 Å². The highest BCUT2D eigenvalue weighted by atomic mass is 16.2. The minimum absolute atomic E-state index is 0.0308. The normalized spacial score (nSPS) is 11.2. The first-order valence-electron chi connectivity index (χ1n) is 6.28. The Hall–Kier alpha value is -1.58. The predicted octanol–water partition coefficient (Wildman–Crippen LogP) is 2.63. The van der Waals surface area contributed by atoms with E-state index in [4.69, 9.17) is 0 Å². The molecule has 4 nitrogen and oxygen atoms in total. The molecule has 0 aromatic carbocycles. The molecule has 0 aliphatic rings. The van der Waals surface area contributed by atoms with Gasteiger partial charge in [-0.15, -0.1) is 0 Å². The second-order valence-electron chi connectivity index (χ2n) is 5.67. The molecule has 0 atom stereocenters. The van der Waals surface area contributed by atoms with Crippen LogP contribution in [0.3, 0.4) is 0 Å². The van der Waals surface area contributed by atoms with E-state index in [1.807, 2.05) is 14.0 Å². The first kappa shape index (κ1) is 14.5. The molecule has 1 heterocycles. The first-order chi connectivity index (χ1) is 8.35. The molecule has 4 heteroatoms. The van der Waals surface area contributed by atoms with Gasteiger partial charge < -0.3 is 10.2 Å². The SMILES string of the molecule is CCNc1cnccc1C(=O)N(C)CC(C)(C)C. The van der Waals surface area contributed by atoms with Crippen LogP contribution in [0.2, 0.25) is 0 Å². The molecule has 18 heavy (non-hydrogen) atoms. The number of aromatic nitrogens is 1.